The van der Waals surface area contributed by atoms with Gasteiger partial charge in [0.2, 0.25) is 0 Å². The van der Waals surface area contributed by atoms with Crippen LogP contribution >= 0.6 is 0 Å². The number of benzene rings is 2. The number of hydrogen-bond donors (Lipinski definition) is 3. The number of aryl methyl sites for hydroxylation is 1. The average molecular weight is 375 g/mol. The number of nitrogens with zero attached hydrogens (tertiary/aromatic N) is 1. The Bertz CT molecular complexity index is 974. The van der Waals surface area contributed by atoms with Gasteiger partial charge in [0.25, 0.3) is 5.91 Å². The molecule has 1 aromatic heterocycles. The number of para-hydroxylation sites is 1. The highest BCUT2D eigenvalue weighted by atomic mass is 16.4. The molecule has 6 heteroatoms. The summed E-state index contributed by atoms with van der Waals surface area (Å²) in [5, 5.41) is 14.8. The van der Waals surface area contributed by atoms with E-state index in [9.17, 15) is 9.59 Å². The molecule has 0 saturated heterocycles. The number of amides is 1. The highest BCUT2D eigenvalue weighted by Gasteiger charge is 2.21. The van der Waals surface area contributed by atoms with E-state index in [2.05, 4.69) is 15.6 Å². The third-order valence-electron chi connectivity index (χ3n) is 4.42. The molecule has 28 heavy (non-hydrogen) atoms. The van der Waals surface area contributed by atoms with Crippen molar-refractivity contribution in [2.75, 3.05) is 11.9 Å². The first kappa shape index (κ1) is 19.1. The topological polar surface area (TPSA) is 91.3 Å². The van der Waals surface area contributed by atoms with Crippen molar-refractivity contribution < 1.29 is 14.7 Å². The standard InChI is InChI=1S/C22H21N3O3/c1-15-6-2-3-7-17(15)21(16-10-12-23-13-11-16)25-22(28)18-8-4-5-9-19(18)24-14-20(26)27/h2-13,21,24H,14H2,1H3,(H,25,28)(H,26,27). The fraction of sp³-hybridized carbons (Fsp3) is 0.136. The lowest BCUT2D eigenvalue weighted by atomic mass is 9.95. The summed E-state index contributed by atoms with van der Waals surface area (Å²) in [4.78, 5) is 28.0. The van der Waals surface area contributed by atoms with Gasteiger partial charge in [0.15, 0.2) is 0 Å². The predicted molar refractivity (Wildman–Crippen MR) is 107 cm³/mol. The number of carbonyl (C=O) groups is 2. The molecule has 0 aliphatic carbocycles. The second kappa shape index (κ2) is 8.81. The van der Waals surface area contributed by atoms with Gasteiger partial charge in [-0.15, -0.1) is 0 Å². The average Bonchev–Trinajstić information content (AvgIpc) is 2.72. The van der Waals surface area contributed by atoms with Crippen LogP contribution in [0.2, 0.25) is 0 Å². The van der Waals surface area contributed by atoms with Gasteiger partial charge >= 0.3 is 5.97 Å². The molecule has 1 amide bonds. The molecule has 0 bridgehead atoms. The molecule has 2 aromatic carbocycles. The van der Waals surface area contributed by atoms with Crippen molar-refractivity contribution in [3.8, 4) is 0 Å². The number of rotatable bonds is 7. The zero-order chi connectivity index (χ0) is 19.9. The molecule has 0 aliphatic rings. The number of hydrogen-bond acceptors (Lipinski definition) is 4. The predicted octanol–water partition coefficient (Wildman–Crippen LogP) is 3.41. The molecule has 1 unspecified atom stereocenters. The molecule has 1 heterocycles. The minimum absolute atomic E-state index is 0.268. The van der Waals surface area contributed by atoms with Gasteiger partial charge in [-0.25, -0.2) is 0 Å². The summed E-state index contributed by atoms with van der Waals surface area (Å²) in [5.41, 5.74) is 3.81. The van der Waals surface area contributed by atoms with E-state index in [-0.39, 0.29) is 18.5 Å². The van der Waals surface area contributed by atoms with Crippen LogP contribution in [0, 0.1) is 6.92 Å². The van der Waals surface area contributed by atoms with Gasteiger partial charge in [0.05, 0.1) is 11.6 Å². The second-order valence-corrected chi connectivity index (χ2v) is 6.34. The van der Waals surface area contributed by atoms with E-state index in [1.165, 1.54) is 0 Å². The van der Waals surface area contributed by atoms with Crippen LogP contribution in [0.25, 0.3) is 0 Å². The number of anilines is 1. The molecular formula is C22H21N3O3. The molecule has 3 N–H and O–H groups in total. The summed E-state index contributed by atoms with van der Waals surface area (Å²) in [7, 11) is 0. The van der Waals surface area contributed by atoms with Crippen molar-refractivity contribution in [1.82, 2.24) is 10.3 Å². The van der Waals surface area contributed by atoms with Crippen LogP contribution in [0.5, 0.6) is 0 Å². The van der Waals surface area contributed by atoms with Crippen LogP contribution < -0.4 is 10.6 Å². The van der Waals surface area contributed by atoms with Crippen LogP contribution in [0.4, 0.5) is 5.69 Å². The van der Waals surface area contributed by atoms with Gasteiger partial charge in [-0.05, 0) is 47.9 Å². The molecule has 0 saturated carbocycles. The lowest BCUT2D eigenvalue weighted by Crippen LogP contribution is -2.30. The summed E-state index contributed by atoms with van der Waals surface area (Å²) in [6, 6.07) is 18.1. The van der Waals surface area contributed by atoms with Gasteiger partial charge < -0.3 is 15.7 Å². The number of carboxylic acids is 1. The molecule has 1 atom stereocenters. The lowest BCUT2D eigenvalue weighted by Gasteiger charge is -2.22. The first-order valence-corrected chi connectivity index (χ1v) is 8.87. The van der Waals surface area contributed by atoms with Crippen LogP contribution in [0.1, 0.15) is 33.1 Å². The Hall–Kier alpha value is -3.67. The Morgan fingerprint density at radius 2 is 1.68 bits per heavy atom. The van der Waals surface area contributed by atoms with Gasteiger partial charge in [0, 0.05) is 18.1 Å². The Kier molecular flexibility index (Phi) is 6.01. The fourth-order valence-corrected chi connectivity index (χ4v) is 3.02. The first-order valence-electron chi connectivity index (χ1n) is 8.87. The minimum Gasteiger partial charge on any atom is -0.480 e. The number of pyridine rings is 1. The van der Waals surface area contributed by atoms with Crippen molar-refractivity contribution >= 4 is 17.6 Å². The van der Waals surface area contributed by atoms with E-state index in [0.717, 1.165) is 16.7 Å². The molecule has 0 radical (unpaired) electrons. The number of aliphatic carboxylic acids is 1. The third kappa shape index (κ3) is 4.54. The zero-order valence-electron chi connectivity index (χ0n) is 15.4. The van der Waals surface area contributed by atoms with Gasteiger partial charge in [-0.3, -0.25) is 14.6 Å². The largest absolute Gasteiger partial charge is 0.480 e. The van der Waals surface area contributed by atoms with Crippen LogP contribution in [-0.2, 0) is 4.79 Å². The fourth-order valence-electron chi connectivity index (χ4n) is 3.02. The Labute approximate surface area is 163 Å². The van der Waals surface area contributed by atoms with E-state index in [1.807, 2.05) is 43.3 Å². The Morgan fingerprint density at radius 3 is 2.39 bits per heavy atom. The van der Waals surface area contributed by atoms with E-state index < -0.39 is 5.97 Å². The van der Waals surface area contributed by atoms with E-state index in [1.54, 1.807) is 36.7 Å². The van der Waals surface area contributed by atoms with Gasteiger partial charge in [0.1, 0.15) is 6.54 Å². The molecule has 0 spiro atoms. The normalized spacial score (nSPS) is 11.5. The van der Waals surface area contributed by atoms with Crippen molar-refractivity contribution in [2.45, 2.75) is 13.0 Å². The van der Waals surface area contributed by atoms with Crippen molar-refractivity contribution in [1.29, 1.82) is 0 Å². The van der Waals surface area contributed by atoms with E-state index in [0.29, 0.717) is 11.3 Å². The number of aromatic nitrogens is 1. The molecule has 142 valence electrons. The van der Waals surface area contributed by atoms with Crippen molar-refractivity contribution in [2.24, 2.45) is 0 Å². The van der Waals surface area contributed by atoms with Crippen molar-refractivity contribution in [3.05, 3.63) is 95.3 Å². The smallest absolute Gasteiger partial charge is 0.322 e. The number of nitrogens with one attached hydrogen (secondary N) is 2. The summed E-state index contributed by atoms with van der Waals surface area (Å²) < 4.78 is 0. The number of carbonyl (C=O) groups excluding carboxylic acids is 1. The highest BCUT2D eigenvalue weighted by molar-refractivity contribution is 6.00. The molecule has 3 aromatic rings. The summed E-state index contributed by atoms with van der Waals surface area (Å²) in [6.07, 6.45) is 3.38. The van der Waals surface area contributed by atoms with E-state index in [4.69, 9.17) is 5.11 Å². The first-order chi connectivity index (χ1) is 13.6. The quantitative estimate of drug-likeness (QED) is 0.589. The highest BCUT2D eigenvalue weighted by Crippen LogP contribution is 2.26. The summed E-state index contributed by atoms with van der Waals surface area (Å²) in [6.45, 7) is 1.73. The van der Waals surface area contributed by atoms with Crippen LogP contribution in [0.3, 0.4) is 0 Å². The maximum absolute atomic E-state index is 13.1. The molecule has 0 fully saturated rings. The van der Waals surface area contributed by atoms with Crippen molar-refractivity contribution in [3.63, 3.8) is 0 Å². The molecule has 0 aliphatic heterocycles. The van der Waals surface area contributed by atoms with E-state index >= 15 is 0 Å². The van der Waals surface area contributed by atoms with Gasteiger partial charge in [-0.2, -0.15) is 0 Å². The molecular weight excluding hydrogens is 354 g/mol. The second-order valence-electron chi connectivity index (χ2n) is 6.34. The monoisotopic (exact) mass is 375 g/mol. The minimum atomic E-state index is -0.996. The van der Waals surface area contributed by atoms with Gasteiger partial charge in [-0.1, -0.05) is 36.4 Å². The zero-order valence-corrected chi connectivity index (χ0v) is 15.4. The van der Waals surface area contributed by atoms with Crippen LogP contribution in [-0.4, -0.2) is 28.5 Å². The maximum atomic E-state index is 13.1. The number of carboxylic acid groups (broad SMARTS) is 1. The summed E-state index contributed by atoms with van der Waals surface area (Å²) >= 11 is 0. The Morgan fingerprint density at radius 1 is 1.00 bits per heavy atom. The maximum Gasteiger partial charge on any atom is 0.322 e. The third-order valence-corrected chi connectivity index (χ3v) is 4.42. The lowest BCUT2D eigenvalue weighted by molar-refractivity contribution is -0.134. The van der Waals surface area contributed by atoms with Crippen LogP contribution in [0.15, 0.2) is 73.1 Å². The SMILES string of the molecule is Cc1ccccc1C(NC(=O)c1ccccc1NCC(=O)O)c1ccncc1. The summed E-state index contributed by atoms with van der Waals surface area (Å²) in [5.74, 6) is -1.29. The molecule has 6 nitrogen and oxygen atoms in total. The molecule has 3 rings (SSSR count). The Balaban J connectivity index is 1.93.